The van der Waals surface area contributed by atoms with Gasteiger partial charge in [0, 0.05) is 6.42 Å². The molecule has 2 aliphatic heterocycles. The van der Waals surface area contributed by atoms with Gasteiger partial charge in [0.15, 0.2) is 12.6 Å². The Labute approximate surface area is 445 Å². The molecule has 12 unspecified atom stereocenters. The van der Waals surface area contributed by atoms with Crippen molar-refractivity contribution in [2.75, 3.05) is 19.8 Å². The fraction of sp³-hybridized carbons (Fsp3) is 0.683. The summed E-state index contributed by atoms with van der Waals surface area (Å²) in [6.45, 7) is 2.60. The van der Waals surface area contributed by atoms with Crippen molar-refractivity contribution in [3.63, 3.8) is 0 Å². The van der Waals surface area contributed by atoms with Gasteiger partial charge >= 0.3 is 0 Å². The molecule has 9 N–H and O–H groups in total. The molecule has 0 aromatic rings. The van der Waals surface area contributed by atoms with Crippen molar-refractivity contribution < 1.29 is 64.6 Å². The first-order valence-electron chi connectivity index (χ1n) is 28.1. The van der Waals surface area contributed by atoms with Crippen molar-refractivity contribution in [1.29, 1.82) is 0 Å². The van der Waals surface area contributed by atoms with Gasteiger partial charge in [-0.3, -0.25) is 4.79 Å². The third-order valence-corrected chi connectivity index (χ3v) is 12.9. The van der Waals surface area contributed by atoms with Crippen LogP contribution in [0.1, 0.15) is 168 Å². The summed E-state index contributed by atoms with van der Waals surface area (Å²) in [5.74, 6) is -0.274. The summed E-state index contributed by atoms with van der Waals surface area (Å²) >= 11 is 0. The van der Waals surface area contributed by atoms with E-state index in [9.17, 15) is 45.6 Å². The average Bonchev–Trinajstić information content (AvgIpc) is 3.40. The second-order valence-electron chi connectivity index (χ2n) is 19.3. The van der Waals surface area contributed by atoms with Crippen molar-refractivity contribution in [1.82, 2.24) is 5.32 Å². The number of hydrogen-bond donors (Lipinski definition) is 9. The van der Waals surface area contributed by atoms with Crippen LogP contribution in [0.5, 0.6) is 0 Å². The van der Waals surface area contributed by atoms with Gasteiger partial charge < -0.3 is 65.1 Å². The fourth-order valence-electron chi connectivity index (χ4n) is 8.38. The third-order valence-electron chi connectivity index (χ3n) is 12.9. The van der Waals surface area contributed by atoms with Crippen LogP contribution in [0.25, 0.3) is 0 Å². The van der Waals surface area contributed by atoms with Crippen LogP contribution < -0.4 is 5.32 Å². The highest BCUT2D eigenvalue weighted by Crippen LogP contribution is 2.30. The van der Waals surface area contributed by atoms with E-state index in [0.29, 0.717) is 12.8 Å². The molecule has 2 heterocycles. The lowest BCUT2D eigenvalue weighted by atomic mass is 9.97. The van der Waals surface area contributed by atoms with Crippen molar-refractivity contribution in [3.8, 4) is 0 Å². The minimum absolute atomic E-state index is 0.245. The first kappa shape index (κ1) is 66.8. The number of amides is 1. The third kappa shape index (κ3) is 30.4. The summed E-state index contributed by atoms with van der Waals surface area (Å²) in [6, 6.07) is -0.953. The summed E-state index contributed by atoms with van der Waals surface area (Å²) in [7, 11) is 0. The monoisotopic (exact) mass is 1040 g/mol. The van der Waals surface area contributed by atoms with Gasteiger partial charge in [0.05, 0.1) is 32.0 Å². The van der Waals surface area contributed by atoms with E-state index in [1.54, 1.807) is 6.08 Å². The van der Waals surface area contributed by atoms with E-state index in [-0.39, 0.29) is 18.9 Å². The molecule has 2 saturated heterocycles. The van der Waals surface area contributed by atoms with Gasteiger partial charge in [-0.25, -0.2) is 0 Å². The van der Waals surface area contributed by atoms with Gasteiger partial charge in [-0.2, -0.15) is 0 Å². The molecule has 0 spiro atoms. The predicted octanol–water partition coefficient (Wildman–Crippen LogP) is 8.88. The molecular weight excluding hydrogens is 943 g/mol. The molecular formula is C60H99NO13. The molecule has 0 saturated carbocycles. The number of unbranched alkanes of at least 4 members (excludes halogenated alkanes) is 13. The van der Waals surface area contributed by atoms with Crippen molar-refractivity contribution in [3.05, 3.63) is 109 Å². The molecule has 2 aliphatic rings. The number of aliphatic hydroxyl groups excluding tert-OH is 8. The number of nitrogens with one attached hydrogen (secondary N) is 1. The predicted molar refractivity (Wildman–Crippen MR) is 295 cm³/mol. The molecule has 14 nitrogen and oxygen atoms in total. The van der Waals surface area contributed by atoms with Gasteiger partial charge in [0.1, 0.15) is 48.8 Å². The maximum absolute atomic E-state index is 13.2. The largest absolute Gasteiger partial charge is 0.394 e. The highest BCUT2D eigenvalue weighted by Gasteiger charge is 2.51. The Bertz CT molecular complexity index is 1650. The van der Waals surface area contributed by atoms with E-state index >= 15 is 0 Å². The van der Waals surface area contributed by atoms with Crippen molar-refractivity contribution in [2.24, 2.45) is 0 Å². The van der Waals surface area contributed by atoms with Crippen LogP contribution >= 0.6 is 0 Å². The molecule has 0 aliphatic carbocycles. The van der Waals surface area contributed by atoms with Crippen LogP contribution in [0.15, 0.2) is 109 Å². The SMILES string of the molecule is CC/C=C\C/C=C\C/C=C\C/C=C\C/C=C\C/C=C\CCCCCCCCC(=O)NC(COC1OC(CO)C(OC2OC(CO)C(O)C(O)C2O)C(O)C1O)C(O)/C=C/CC/C=C/CC/C=C/CCCCCCC. The summed E-state index contributed by atoms with van der Waals surface area (Å²) in [5.41, 5.74) is 0. The second-order valence-corrected chi connectivity index (χ2v) is 19.3. The zero-order chi connectivity index (χ0) is 53.9. The van der Waals surface area contributed by atoms with Crippen LogP contribution in [-0.2, 0) is 23.7 Å². The maximum atomic E-state index is 13.2. The molecule has 2 rings (SSSR count). The molecule has 0 aromatic heterocycles. The number of allylic oxidation sites excluding steroid dienone is 17. The number of aliphatic hydroxyl groups is 8. The summed E-state index contributed by atoms with van der Waals surface area (Å²) in [6.07, 6.45) is 45.5. The lowest BCUT2D eigenvalue weighted by Gasteiger charge is -2.46. The van der Waals surface area contributed by atoms with Crippen LogP contribution in [-0.4, -0.2) is 140 Å². The Morgan fingerprint density at radius 1 is 0.500 bits per heavy atom. The van der Waals surface area contributed by atoms with Gasteiger partial charge in [-0.05, 0) is 96.3 Å². The van der Waals surface area contributed by atoms with E-state index < -0.39 is 86.8 Å². The zero-order valence-electron chi connectivity index (χ0n) is 45.0. The average molecular weight is 1040 g/mol. The molecule has 74 heavy (non-hydrogen) atoms. The highest BCUT2D eigenvalue weighted by molar-refractivity contribution is 5.76. The van der Waals surface area contributed by atoms with Gasteiger partial charge in [0.2, 0.25) is 5.91 Å². The van der Waals surface area contributed by atoms with E-state index in [4.69, 9.17) is 18.9 Å². The quantitative estimate of drug-likeness (QED) is 0.0206. The standard InChI is InChI=1S/C60H99NO13/c1-3-5-7-9-11-13-15-17-19-20-21-22-23-24-25-26-27-28-30-32-34-36-38-40-42-44-52(65)61-48(49(64)43-41-39-37-35-33-31-29-18-16-14-12-10-8-6-4-2)47-71-59-57(70)55(68)58(51(46-63)73-59)74-60-56(69)54(67)53(66)50(45-62)72-60/h5,7,11,13,16-19,21-22,24-25,27-28,33,35,41,43,48-51,53-60,62-64,66-70H,3-4,6,8-10,12,14-15,20,23,26,29-32,34,36-40,42,44-47H2,1-2H3,(H,61,65)/b7-5-,13-11-,18-16+,19-17-,22-21-,25-24-,28-27-,35-33+,43-41+. The van der Waals surface area contributed by atoms with E-state index in [0.717, 1.165) is 103 Å². The topological polar surface area (TPSA) is 228 Å². The molecule has 0 radical (unpaired) electrons. The van der Waals surface area contributed by atoms with Crippen LogP contribution in [0.3, 0.4) is 0 Å². The minimum Gasteiger partial charge on any atom is -0.394 e. The van der Waals surface area contributed by atoms with E-state index in [1.165, 1.54) is 32.1 Å². The summed E-state index contributed by atoms with van der Waals surface area (Å²) < 4.78 is 22.7. The Morgan fingerprint density at radius 3 is 1.49 bits per heavy atom. The van der Waals surface area contributed by atoms with Crippen molar-refractivity contribution >= 4 is 5.91 Å². The van der Waals surface area contributed by atoms with E-state index in [1.807, 2.05) is 6.08 Å². The molecule has 1 amide bonds. The number of ether oxygens (including phenoxy) is 4. The normalized spacial score (nSPS) is 26.1. The lowest BCUT2D eigenvalue weighted by Crippen LogP contribution is -2.65. The van der Waals surface area contributed by atoms with Crippen LogP contribution in [0, 0.1) is 0 Å². The Balaban J connectivity index is 1.81. The Hall–Kier alpha value is -3.35. The number of carbonyl (C=O) groups excluding carboxylic acids is 1. The zero-order valence-corrected chi connectivity index (χ0v) is 45.0. The first-order valence-corrected chi connectivity index (χ1v) is 28.1. The summed E-state index contributed by atoms with van der Waals surface area (Å²) in [4.78, 5) is 13.2. The highest BCUT2D eigenvalue weighted by atomic mass is 16.7. The Kier molecular flexibility index (Phi) is 40.4. The van der Waals surface area contributed by atoms with Crippen LogP contribution in [0.2, 0.25) is 0 Å². The summed E-state index contributed by atoms with van der Waals surface area (Å²) in [5, 5.41) is 86.9. The lowest BCUT2D eigenvalue weighted by molar-refractivity contribution is -0.359. The smallest absolute Gasteiger partial charge is 0.220 e. The van der Waals surface area contributed by atoms with Gasteiger partial charge in [0.25, 0.3) is 0 Å². The number of carbonyl (C=O) groups is 1. The van der Waals surface area contributed by atoms with Crippen molar-refractivity contribution in [2.45, 2.75) is 242 Å². The molecule has 14 heteroatoms. The van der Waals surface area contributed by atoms with Gasteiger partial charge in [-0.1, -0.05) is 175 Å². The van der Waals surface area contributed by atoms with E-state index in [2.05, 4.69) is 116 Å². The molecule has 0 bridgehead atoms. The minimum atomic E-state index is -1.80. The molecule has 0 aromatic carbocycles. The fourth-order valence-corrected chi connectivity index (χ4v) is 8.38. The Morgan fingerprint density at radius 2 is 0.946 bits per heavy atom. The van der Waals surface area contributed by atoms with Crippen LogP contribution in [0.4, 0.5) is 0 Å². The second kappa shape index (κ2) is 44.7. The first-order chi connectivity index (χ1) is 36.1. The maximum Gasteiger partial charge on any atom is 0.220 e. The molecule has 12 atom stereocenters. The number of rotatable bonds is 42. The molecule has 2 fully saturated rings. The van der Waals surface area contributed by atoms with Gasteiger partial charge in [-0.15, -0.1) is 0 Å². The number of hydrogen-bond acceptors (Lipinski definition) is 13. The molecule has 422 valence electrons.